The third kappa shape index (κ3) is 8.95. The predicted octanol–water partition coefficient (Wildman–Crippen LogP) is 5.15. The van der Waals surface area contributed by atoms with E-state index in [4.69, 9.17) is 4.74 Å². The topological polar surface area (TPSA) is 26.3 Å². The highest BCUT2D eigenvalue weighted by Crippen LogP contribution is 2.24. The highest BCUT2D eigenvalue weighted by Gasteiger charge is 2.12. The number of hydrogen-bond donors (Lipinski definition) is 0. The molecule has 20 heavy (non-hydrogen) atoms. The molecule has 0 aliphatic rings. The van der Waals surface area contributed by atoms with Gasteiger partial charge in [-0.05, 0) is 56.9 Å². The fraction of sp³-hybridized carbons (Fsp3) is 0.722. The summed E-state index contributed by atoms with van der Waals surface area (Å²) in [6.45, 7) is 15.5. The molecule has 0 spiro atoms. The maximum atomic E-state index is 11.3. The molecule has 0 saturated carbocycles. The summed E-state index contributed by atoms with van der Waals surface area (Å²) in [5.74, 6) is 1.93. The van der Waals surface area contributed by atoms with Crippen LogP contribution in [0.2, 0.25) is 0 Å². The molecule has 2 unspecified atom stereocenters. The van der Waals surface area contributed by atoms with Crippen molar-refractivity contribution in [2.45, 2.75) is 61.3 Å². The fourth-order valence-electron chi connectivity index (χ4n) is 2.40. The molecule has 0 fully saturated rings. The second-order valence-corrected chi connectivity index (χ2v) is 6.40. The van der Waals surface area contributed by atoms with Crippen molar-refractivity contribution in [3.63, 3.8) is 0 Å². The van der Waals surface area contributed by atoms with Crippen LogP contribution in [0.15, 0.2) is 23.3 Å². The van der Waals surface area contributed by atoms with Crippen molar-refractivity contribution >= 4 is 5.97 Å². The normalized spacial score (nSPS) is 16.2. The van der Waals surface area contributed by atoms with Crippen molar-refractivity contribution in [2.24, 2.45) is 17.8 Å². The van der Waals surface area contributed by atoms with Crippen LogP contribution in [0.1, 0.15) is 61.3 Å². The van der Waals surface area contributed by atoms with Gasteiger partial charge in [0.2, 0.25) is 0 Å². The maximum absolute atomic E-state index is 11.3. The Morgan fingerprint density at radius 1 is 1.10 bits per heavy atom. The summed E-state index contributed by atoms with van der Waals surface area (Å²) in [4.78, 5) is 11.3. The Hall–Kier alpha value is -1.05. The van der Waals surface area contributed by atoms with Gasteiger partial charge < -0.3 is 4.74 Å². The van der Waals surface area contributed by atoms with Crippen LogP contribution in [0.4, 0.5) is 0 Å². The summed E-state index contributed by atoms with van der Waals surface area (Å²) in [7, 11) is 0. The van der Waals surface area contributed by atoms with E-state index in [1.54, 1.807) is 6.08 Å². The number of carbonyl (C=O) groups is 1. The summed E-state index contributed by atoms with van der Waals surface area (Å²) in [6, 6.07) is 0. The van der Waals surface area contributed by atoms with Gasteiger partial charge in [0.25, 0.3) is 0 Å². The zero-order valence-electron chi connectivity index (χ0n) is 14.3. The lowest BCUT2D eigenvalue weighted by Crippen LogP contribution is -2.09. The molecule has 0 N–H and O–H groups in total. The second-order valence-electron chi connectivity index (χ2n) is 6.40. The molecule has 0 aliphatic carbocycles. The van der Waals surface area contributed by atoms with E-state index in [1.807, 2.05) is 13.8 Å². The largest absolute Gasteiger partial charge is 0.463 e. The van der Waals surface area contributed by atoms with Gasteiger partial charge in [0.1, 0.15) is 0 Å². The maximum Gasteiger partial charge on any atom is 0.330 e. The van der Waals surface area contributed by atoms with Crippen LogP contribution >= 0.6 is 0 Å². The molecular weight excluding hydrogens is 248 g/mol. The first-order valence-electron chi connectivity index (χ1n) is 7.78. The molecule has 2 atom stereocenters. The molecule has 2 nitrogen and oxygen atoms in total. The van der Waals surface area contributed by atoms with Gasteiger partial charge in [-0.3, -0.25) is 0 Å². The molecule has 0 bridgehead atoms. The number of carbonyl (C=O) groups excluding carboxylic acids is 1. The number of rotatable bonds is 8. The number of ether oxygens (including phenoxy) is 1. The second kappa shape index (κ2) is 9.79. The summed E-state index contributed by atoms with van der Waals surface area (Å²) >= 11 is 0. The van der Waals surface area contributed by atoms with E-state index in [0.29, 0.717) is 12.5 Å². The van der Waals surface area contributed by atoms with Crippen molar-refractivity contribution in [3.8, 4) is 0 Å². The Balaban J connectivity index is 4.41. The van der Waals surface area contributed by atoms with E-state index < -0.39 is 0 Å². The summed E-state index contributed by atoms with van der Waals surface area (Å²) < 4.78 is 4.91. The van der Waals surface area contributed by atoms with E-state index >= 15 is 0 Å². The molecule has 0 heterocycles. The Kier molecular flexibility index (Phi) is 9.28. The highest BCUT2D eigenvalue weighted by atomic mass is 16.5. The van der Waals surface area contributed by atoms with E-state index in [-0.39, 0.29) is 5.97 Å². The average Bonchev–Trinajstić information content (AvgIpc) is 2.27. The van der Waals surface area contributed by atoms with Gasteiger partial charge in [-0.25, -0.2) is 4.79 Å². The molecule has 0 saturated heterocycles. The van der Waals surface area contributed by atoms with Crippen LogP contribution in [-0.2, 0) is 9.53 Å². The van der Waals surface area contributed by atoms with Crippen LogP contribution < -0.4 is 0 Å². The monoisotopic (exact) mass is 280 g/mol. The molecule has 0 rings (SSSR count). The predicted molar refractivity (Wildman–Crippen MR) is 86.5 cm³/mol. The van der Waals surface area contributed by atoms with Crippen molar-refractivity contribution in [1.29, 1.82) is 0 Å². The lowest BCUT2D eigenvalue weighted by Gasteiger charge is -2.20. The standard InChI is InChI=1S/C18H32O2/c1-8-20-18(19)12-16(6)10-14(4)9-15(5)11-17(7)13(2)3/h10,12-13,15,17H,8-9,11H2,1-7H3. The zero-order valence-corrected chi connectivity index (χ0v) is 14.3. The quantitative estimate of drug-likeness (QED) is 0.349. The van der Waals surface area contributed by atoms with Crippen LogP contribution in [0.25, 0.3) is 0 Å². The van der Waals surface area contributed by atoms with Crippen molar-refractivity contribution in [1.82, 2.24) is 0 Å². The van der Waals surface area contributed by atoms with Gasteiger partial charge in [0.15, 0.2) is 0 Å². The molecule has 2 heteroatoms. The van der Waals surface area contributed by atoms with Gasteiger partial charge in [-0.2, -0.15) is 0 Å². The molecule has 0 aromatic heterocycles. The number of allylic oxidation sites excluding steroid dienone is 3. The van der Waals surface area contributed by atoms with E-state index in [0.717, 1.165) is 23.8 Å². The first-order chi connectivity index (χ1) is 9.26. The summed E-state index contributed by atoms with van der Waals surface area (Å²) in [5, 5.41) is 0. The van der Waals surface area contributed by atoms with Gasteiger partial charge >= 0.3 is 5.97 Å². The smallest absolute Gasteiger partial charge is 0.330 e. The lowest BCUT2D eigenvalue weighted by molar-refractivity contribution is -0.137. The first-order valence-corrected chi connectivity index (χ1v) is 7.78. The van der Waals surface area contributed by atoms with Crippen molar-refractivity contribution in [2.75, 3.05) is 6.61 Å². The molecule has 0 amide bonds. The molecule has 0 aromatic carbocycles. The lowest BCUT2D eigenvalue weighted by atomic mass is 9.86. The molecule has 0 aliphatic heterocycles. The minimum atomic E-state index is -0.254. The Labute approximate surface area is 125 Å². The zero-order chi connectivity index (χ0) is 15.7. The molecule has 0 aromatic rings. The van der Waals surface area contributed by atoms with E-state index in [1.165, 1.54) is 12.0 Å². The first kappa shape index (κ1) is 18.9. The van der Waals surface area contributed by atoms with Crippen molar-refractivity contribution in [3.05, 3.63) is 23.3 Å². The van der Waals surface area contributed by atoms with Gasteiger partial charge in [0, 0.05) is 6.08 Å². The minimum Gasteiger partial charge on any atom is -0.463 e. The van der Waals surface area contributed by atoms with Crippen molar-refractivity contribution < 1.29 is 9.53 Å². The number of esters is 1. The summed E-state index contributed by atoms with van der Waals surface area (Å²) in [5.41, 5.74) is 2.29. The fourth-order valence-corrected chi connectivity index (χ4v) is 2.40. The summed E-state index contributed by atoms with van der Waals surface area (Å²) in [6.07, 6.45) is 6.00. The van der Waals surface area contributed by atoms with Crippen LogP contribution in [0.5, 0.6) is 0 Å². The minimum absolute atomic E-state index is 0.254. The molecular formula is C18H32O2. The van der Waals surface area contributed by atoms with Crippen LogP contribution in [0.3, 0.4) is 0 Å². The van der Waals surface area contributed by atoms with Crippen LogP contribution in [-0.4, -0.2) is 12.6 Å². The molecule has 116 valence electrons. The number of hydrogen-bond acceptors (Lipinski definition) is 2. The van der Waals surface area contributed by atoms with E-state index in [9.17, 15) is 4.79 Å². The SMILES string of the molecule is CCOC(=O)C=C(C)C=C(C)CC(C)CC(C)C(C)C. The average molecular weight is 280 g/mol. The van der Waals surface area contributed by atoms with Gasteiger partial charge in [-0.15, -0.1) is 0 Å². The van der Waals surface area contributed by atoms with E-state index in [2.05, 4.69) is 40.7 Å². The van der Waals surface area contributed by atoms with Crippen LogP contribution in [0, 0.1) is 17.8 Å². The Morgan fingerprint density at radius 3 is 2.20 bits per heavy atom. The van der Waals surface area contributed by atoms with Gasteiger partial charge in [0.05, 0.1) is 6.61 Å². The molecule has 0 radical (unpaired) electrons. The highest BCUT2D eigenvalue weighted by molar-refractivity contribution is 5.83. The third-order valence-electron chi connectivity index (χ3n) is 3.69. The Morgan fingerprint density at radius 2 is 1.70 bits per heavy atom. The third-order valence-corrected chi connectivity index (χ3v) is 3.69. The Bertz CT molecular complexity index is 350. The van der Waals surface area contributed by atoms with Gasteiger partial charge in [-0.1, -0.05) is 39.3 Å².